The number of aryl methyl sites for hydroxylation is 1. The summed E-state index contributed by atoms with van der Waals surface area (Å²) >= 11 is 0. The Hall–Kier alpha value is -4.06. The first-order chi connectivity index (χ1) is 17.3. The third-order valence-corrected chi connectivity index (χ3v) is 6.03. The van der Waals surface area contributed by atoms with E-state index in [0.29, 0.717) is 0 Å². The Morgan fingerprint density at radius 2 is 1.31 bits per heavy atom. The van der Waals surface area contributed by atoms with Crippen LogP contribution in [-0.2, 0) is 23.2 Å². The van der Waals surface area contributed by atoms with E-state index in [1.54, 1.807) is 0 Å². The highest BCUT2D eigenvalue weighted by molar-refractivity contribution is 5.68. The summed E-state index contributed by atoms with van der Waals surface area (Å²) in [6, 6.07) is 31.1. The number of carbonyl (C=O) groups is 1. The van der Waals surface area contributed by atoms with Gasteiger partial charge in [0.25, 0.3) is 0 Å². The summed E-state index contributed by atoms with van der Waals surface area (Å²) < 4.78 is 5.46. The standard InChI is InChI=1S/C30H34N4O2/c1-5-26-25(21-31-28(35)36-29(2,3)4)27(34-33-26)32-30(22-15-9-6-10-16-22,23-17-11-7-12-18-23)24-19-13-8-14-20-24/h6-20H,5,21H2,1-4H3,(H,31,35)(H2,32,33,34). The second kappa shape index (κ2) is 10.7. The maximum atomic E-state index is 12.4. The molecule has 6 heteroatoms. The molecule has 3 aromatic carbocycles. The first-order valence-corrected chi connectivity index (χ1v) is 12.3. The second-order valence-corrected chi connectivity index (χ2v) is 9.71. The van der Waals surface area contributed by atoms with Gasteiger partial charge in [0.05, 0.1) is 12.2 Å². The Morgan fingerprint density at radius 1 is 0.833 bits per heavy atom. The minimum Gasteiger partial charge on any atom is -0.444 e. The Bertz CT molecular complexity index is 1170. The van der Waals surface area contributed by atoms with Crippen molar-refractivity contribution in [1.29, 1.82) is 0 Å². The van der Waals surface area contributed by atoms with E-state index in [1.165, 1.54) is 0 Å². The van der Waals surface area contributed by atoms with Gasteiger partial charge in [-0.25, -0.2) is 4.79 Å². The third kappa shape index (κ3) is 5.43. The normalized spacial score (nSPS) is 11.7. The van der Waals surface area contributed by atoms with Gasteiger partial charge in [0.1, 0.15) is 17.0 Å². The zero-order valence-corrected chi connectivity index (χ0v) is 21.3. The van der Waals surface area contributed by atoms with Crippen molar-refractivity contribution in [2.24, 2.45) is 0 Å². The average molecular weight is 483 g/mol. The number of H-pyrrole nitrogens is 1. The molecule has 0 spiro atoms. The molecule has 0 radical (unpaired) electrons. The molecular weight excluding hydrogens is 448 g/mol. The molecular formula is C30H34N4O2. The summed E-state index contributed by atoms with van der Waals surface area (Å²) in [4.78, 5) is 12.4. The van der Waals surface area contributed by atoms with Crippen molar-refractivity contribution in [3.8, 4) is 0 Å². The summed E-state index contributed by atoms with van der Waals surface area (Å²) in [5.74, 6) is 0.750. The van der Waals surface area contributed by atoms with E-state index in [0.717, 1.165) is 40.2 Å². The Kier molecular flexibility index (Phi) is 7.44. The molecule has 0 fully saturated rings. The van der Waals surface area contributed by atoms with Crippen LogP contribution in [0.5, 0.6) is 0 Å². The van der Waals surface area contributed by atoms with E-state index in [2.05, 4.69) is 64.2 Å². The Morgan fingerprint density at radius 3 is 1.72 bits per heavy atom. The molecule has 0 atom stereocenters. The average Bonchev–Trinajstić information content (AvgIpc) is 3.28. The van der Waals surface area contributed by atoms with Crippen LogP contribution >= 0.6 is 0 Å². The summed E-state index contributed by atoms with van der Waals surface area (Å²) in [6.07, 6.45) is 0.260. The van der Waals surface area contributed by atoms with E-state index >= 15 is 0 Å². The van der Waals surface area contributed by atoms with Crippen molar-refractivity contribution in [3.63, 3.8) is 0 Å². The molecule has 1 aromatic heterocycles. The molecule has 0 aliphatic rings. The Balaban J connectivity index is 1.82. The van der Waals surface area contributed by atoms with Crippen LogP contribution in [0.15, 0.2) is 91.0 Å². The predicted octanol–water partition coefficient (Wildman–Crippen LogP) is 6.40. The number of aromatic amines is 1. The van der Waals surface area contributed by atoms with Crippen LogP contribution in [0.2, 0.25) is 0 Å². The van der Waals surface area contributed by atoms with Gasteiger partial charge in [-0.05, 0) is 43.9 Å². The van der Waals surface area contributed by atoms with Crippen molar-refractivity contribution in [2.75, 3.05) is 5.32 Å². The van der Waals surface area contributed by atoms with E-state index in [9.17, 15) is 4.79 Å². The number of hydrogen-bond donors (Lipinski definition) is 3. The lowest BCUT2D eigenvalue weighted by Crippen LogP contribution is -2.39. The fraction of sp³-hybridized carbons (Fsp3) is 0.267. The molecule has 0 saturated heterocycles. The maximum absolute atomic E-state index is 12.4. The van der Waals surface area contributed by atoms with Gasteiger partial charge in [0.15, 0.2) is 0 Å². The van der Waals surface area contributed by atoms with Crippen LogP contribution < -0.4 is 10.6 Å². The number of benzene rings is 3. The highest BCUT2D eigenvalue weighted by atomic mass is 16.6. The lowest BCUT2D eigenvalue weighted by molar-refractivity contribution is 0.0523. The number of rotatable bonds is 8. The molecule has 6 nitrogen and oxygen atoms in total. The monoisotopic (exact) mass is 482 g/mol. The number of anilines is 1. The number of nitrogens with one attached hydrogen (secondary N) is 3. The van der Waals surface area contributed by atoms with Crippen LogP contribution in [0.1, 0.15) is 55.6 Å². The second-order valence-electron chi connectivity index (χ2n) is 9.71. The lowest BCUT2D eigenvalue weighted by atomic mass is 9.77. The van der Waals surface area contributed by atoms with Gasteiger partial charge in [-0.1, -0.05) is 97.9 Å². The summed E-state index contributed by atoms with van der Waals surface area (Å²) in [7, 11) is 0. The molecule has 3 N–H and O–H groups in total. The molecule has 1 heterocycles. The molecule has 0 aliphatic carbocycles. The third-order valence-electron chi connectivity index (χ3n) is 6.03. The van der Waals surface area contributed by atoms with Gasteiger partial charge in [0, 0.05) is 5.56 Å². The number of hydrogen-bond acceptors (Lipinski definition) is 4. The zero-order valence-electron chi connectivity index (χ0n) is 21.3. The van der Waals surface area contributed by atoms with Crippen molar-refractivity contribution in [2.45, 2.75) is 51.8 Å². The largest absolute Gasteiger partial charge is 0.444 e. The van der Waals surface area contributed by atoms with Crippen LogP contribution in [-0.4, -0.2) is 21.9 Å². The van der Waals surface area contributed by atoms with Crippen LogP contribution in [0.3, 0.4) is 0 Å². The minimum absolute atomic E-state index is 0.283. The molecule has 4 rings (SSSR count). The number of nitrogens with zero attached hydrogens (tertiary/aromatic N) is 1. The van der Waals surface area contributed by atoms with E-state index in [1.807, 2.05) is 75.4 Å². The van der Waals surface area contributed by atoms with Gasteiger partial charge in [-0.2, -0.15) is 5.10 Å². The van der Waals surface area contributed by atoms with Gasteiger partial charge >= 0.3 is 6.09 Å². The van der Waals surface area contributed by atoms with Gasteiger partial charge in [-0.15, -0.1) is 0 Å². The highest BCUT2D eigenvalue weighted by Gasteiger charge is 2.37. The quantitative estimate of drug-likeness (QED) is 0.254. The first kappa shape index (κ1) is 25.0. The molecule has 36 heavy (non-hydrogen) atoms. The number of carbonyl (C=O) groups excluding carboxylic acids is 1. The number of ether oxygens (including phenoxy) is 1. The fourth-order valence-electron chi connectivity index (χ4n) is 4.43. The number of alkyl carbamates (subject to hydrolysis) is 1. The molecule has 4 aromatic rings. The number of aromatic nitrogens is 2. The van der Waals surface area contributed by atoms with Gasteiger partial charge in [-0.3, -0.25) is 5.10 Å². The van der Waals surface area contributed by atoms with Crippen molar-refractivity contribution in [3.05, 3.63) is 119 Å². The van der Waals surface area contributed by atoms with E-state index in [-0.39, 0.29) is 6.54 Å². The molecule has 0 saturated carbocycles. The molecule has 0 aliphatic heterocycles. The Labute approximate surface area is 213 Å². The fourth-order valence-corrected chi connectivity index (χ4v) is 4.43. The van der Waals surface area contributed by atoms with Crippen molar-refractivity contribution >= 4 is 11.9 Å². The summed E-state index contributed by atoms with van der Waals surface area (Å²) in [5, 5.41) is 14.5. The highest BCUT2D eigenvalue weighted by Crippen LogP contribution is 2.40. The van der Waals surface area contributed by atoms with E-state index < -0.39 is 17.2 Å². The van der Waals surface area contributed by atoms with Crippen LogP contribution in [0.4, 0.5) is 10.6 Å². The summed E-state index contributed by atoms with van der Waals surface area (Å²) in [5.41, 5.74) is 3.76. The van der Waals surface area contributed by atoms with Crippen molar-refractivity contribution < 1.29 is 9.53 Å². The SMILES string of the molecule is CCc1n[nH]c(NC(c2ccccc2)(c2ccccc2)c2ccccc2)c1CNC(=O)OC(C)(C)C. The molecule has 0 bridgehead atoms. The predicted molar refractivity (Wildman–Crippen MR) is 144 cm³/mol. The topological polar surface area (TPSA) is 79.0 Å². The van der Waals surface area contributed by atoms with Crippen LogP contribution in [0.25, 0.3) is 0 Å². The zero-order chi connectivity index (χ0) is 25.6. The minimum atomic E-state index is -0.706. The lowest BCUT2D eigenvalue weighted by Gasteiger charge is -2.37. The van der Waals surface area contributed by atoms with E-state index in [4.69, 9.17) is 4.74 Å². The van der Waals surface area contributed by atoms with Gasteiger partial charge in [0.2, 0.25) is 0 Å². The molecule has 186 valence electrons. The molecule has 0 unspecified atom stereocenters. The van der Waals surface area contributed by atoms with Crippen molar-refractivity contribution in [1.82, 2.24) is 15.5 Å². The number of amides is 1. The smallest absolute Gasteiger partial charge is 0.407 e. The van der Waals surface area contributed by atoms with Gasteiger partial charge < -0.3 is 15.4 Å². The maximum Gasteiger partial charge on any atom is 0.407 e. The molecule has 1 amide bonds. The summed E-state index contributed by atoms with van der Waals surface area (Å²) in [6.45, 7) is 7.88. The van der Waals surface area contributed by atoms with Crippen LogP contribution in [0, 0.1) is 0 Å². The first-order valence-electron chi connectivity index (χ1n) is 12.3.